The summed E-state index contributed by atoms with van der Waals surface area (Å²) in [5.41, 5.74) is 0.493. The molecule has 0 bridgehead atoms. The lowest BCUT2D eigenvalue weighted by Crippen LogP contribution is -2.31. The van der Waals surface area contributed by atoms with Gasteiger partial charge in [0.05, 0.1) is 29.5 Å². The zero-order valence-electron chi connectivity index (χ0n) is 12.4. The van der Waals surface area contributed by atoms with E-state index in [1.807, 2.05) is 0 Å². The van der Waals surface area contributed by atoms with Crippen LogP contribution in [0.5, 0.6) is 0 Å². The number of halogens is 3. The smallest absolute Gasteiger partial charge is 0.318 e. The number of anilines is 2. The average Bonchev–Trinajstić information content (AvgIpc) is 2.95. The minimum atomic E-state index is -5.07. The normalized spacial score (nSPS) is 11.4. The van der Waals surface area contributed by atoms with Crippen LogP contribution in [0, 0.1) is 6.92 Å². The molecule has 0 aliphatic rings. The Labute approximate surface area is 128 Å². The predicted molar refractivity (Wildman–Crippen MR) is 73.8 cm³/mol. The molecule has 0 radical (unpaired) electrons. The van der Waals surface area contributed by atoms with Crippen LogP contribution >= 0.6 is 0 Å². The first kappa shape index (κ1) is 16.5. The fourth-order valence-electron chi connectivity index (χ4n) is 1.79. The maximum atomic E-state index is 12.3. The number of carbonyl (C=O) groups excluding carboxylic acids is 2. The van der Waals surface area contributed by atoms with Gasteiger partial charge < -0.3 is 10.6 Å². The van der Waals surface area contributed by atoms with E-state index in [1.165, 1.54) is 17.9 Å². The number of aromatic nitrogens is 4. The second-order valence-corrected chi connectivity index (χ2v) is 4.70. The van der Waals surface area contributed by atoms with Gasteiger partial charge in [0, 0.05) is 14.1 Å². The van der Waals surface area contributed by atoms with Crippen molar-refractivity contribution in [3.8, 4) is 0 Å². The molecule has 0 saturated carbocycles. The third kappa shape index (κ3) is 3.33. The number of nitrogens with one attached hydrogen (secondary N) is 2. The van der Waals surface area contributed by atoms with E-state index in [-0.39, 0.29) is 11.4 Å². The molecule has 2 aromatic rings. The maximum Gasteiger partial charge on any atom is 0.471 e. The summed E-state index contributed by atoms with van der Waals surface area (Å²) in [6, 6.07) is 0. The predicted octanol–water partition coefficient (Wildman–Crippen LogP) is 1.22. The number of nitrogens with zero attached hydrogens (tertiary/aromatic N) is 4. The molecule has 2 rings (SSSR count). The Hall–Kier alpha value is -2.85. The van der Waals surface area contributed by atoms with Crippen LogP contribution in [0.3, 0.4) is 0 Å². The average molecular weight is 330 g/mol. The van der Waals surface area contributed by atoms with Gasteiger partial charge in [-0.15, -0.1) is 0 Å². The van der Waals surface area contributed by atoms with E-state index in [0.29, 0.717) is 11.4 Å². The van der Waals surface area contributed by atoms with Crippen molar-refractivity contribution in [1.29, 1.82) is 0 Å². The Morgan fingerprint density at radius 2 is 1.61 bits per heavy atom. The highest BCUT2D eigenvalue weighted by Gasteiger charge is 2.39. The van der Waals surface area contributed by atoms with Crippen molar-refractivity contribution >= 4 is 23.2 Å². The lowest BCUT2D eigenvalue weighted by Gasteiger charge is -2.10. The van der Waals surface area contributed by atoms with Gasteiger partial charge >= 0.3 is 12.1 Å². The molecule has 11 heteroatoms. The maximum absolute atomic E-state index is 12.3. The van der Waals surface area contributed by atoms with Crippen LogP contribution in [-0.4, -0.2) is 37.6 Å². The second kappa shape index (κ2) is 5.74. The Morgan fingerprint density at radius 3 is 2.13 bits per heavy atom. The van der Waals surface area contributed by atoms with Crippen LogP contribution in [0.4, 0.5) is 24.5 Å². The molecule has 2 aromatic heterocycles. The van der Waals surface area contributed by atoms with Gasteiger partial charge in [0.15, 0.2) is 0 Å². The molecule has 0 saturated heterocycles. The Kier molecular flexibility index (Phi) is 4.12. The zero-order valence-corrected chi connectivity index (χ0v) is 12.4. The summed E-state index contributed by atoms with van der Waals surface area (Å²) in [5.74, 6) is -2.91. The number of rotatable bonds is 3. The molecule has 0 aromatic carbocycles. The van der Waals surface area contributed by atoms with Crippen molar-refractivity contribution in [1.82, 2.24) is 19.6 Å². The molecule has 23 heavy (non-hydrogen) atoms. The van der Waals surface area contributed by atoms with E-state index < -0.39 is 18.0 Å². The fourth-order valence-corrected chi connectivity index (χ4v) is 1.79. The van der Waals surface area contributed by atoms with Crippen molar-refractivity contribution in [3.63, 3.8) is 0 Å². The summed E-state index contributed by atoms with van der Waals surface area (Å²) in [4.78, 5) is 23.3. The van der Waals surface area contributed by atoms with E-state index >= 15 is 0 Å². The summed E-state index contributed by atoms with van der Waals surface area (Å²) < 4.78 is 39.6. The van der Waals surface area contributed by atoms with Crippen LogP contribution in [0.1, 0.15) is 16.2 Å². The summed E-state index contributed by atoms with van der Waals surface area (Å²) in [7, 11) is 3.04. The lowest BCUT2D eigenvalue weighted by molar-refractivity contribution is -0.167. The molecule has 0 atom stereocenters. The molecule has 124 valence electrons. The van der Waals surface area contributed by atoms with Crippen molar-refractivity contribution in [3.05, 3.63) is 23.8 Å². The van der Waals surface area contributed by atoms with Gasteiger partial charge in [-0.05, 0) is 6.92 Å². The zero-order chi connectivity index (χ0) is 17.4. The van der Waals surface area contributed by atoms with Crippen LogP contribution in [-0.2, 0) is 18.9 Å². The monoisotopic (exact) mass is 330 g/mol. The molecule has 0 aliphatic carbocycles. The first-order valence-electron chi connectivity index (χ1n) is 6.31. The number of amides is 2. The van der Waals surface area contributed by atoms with Crippen LogP contribution in [0.25, 0.3) is 0 Å². The topological polar surface area (TPSA) is 93.8 Å². The quantitative estimate of drug-likeness (QED) is 0.885. The van der Waals surface area contributed by atoms with Gasteiger partial charge in [-0.2, -0.15) is 23.4 Å². The number of aryl methyl sites for hydroxylation is 2. The molecule has 0 unspecified atom stereocenters. The highest BCUT2D eigenvalue weighted by molar-refractivity contribution is 6.09. The summed E-state index contributed by atoms with van der Waals surface area (Å²) in [6.45, 7) is 1.71. The minimum absolute atomic E-state index is 0.217. The fraction of sp³-hybridized carbons (Fsp3) is 0.333. The van der Waals surface area contributed by atoms with Gasteiger partial charge in [0.25, 0.3) is 5.91 Å². The number of alkyl halides is 3. The number of hydrogen-bond donors (Lipinski definition) is 2. The number of carbonyl (C=O) groups is 2. The first-order valence-corrected chi connectivity index (χ1v) is 6.31. The summed E-state index contributed by atoms with van der Waals surface area (Å²) >= 11 is 0. The van der Waals surface area contributed by atoms with Crippen LogP contribution < -0.4 is 10.6 Å². The van der Waals surface area contributed by atoms with E-state index in [0.717, 1.165) is 10.9 Å². The van der Waals surface area contributed by atoms with Crippen molar-refractivity contribution < 1.29 is 22.8 Å². The van der Waals surface area contributed by atoms with Gasteiger partial charge in [-0.25, -0.2) is 0 Å². The van der Waals surface area contributed by atoms with Gasteiger partial charge in [0.1, 0.15) is 5.69 Å². The third-order valence-corrected chi connectivity index (χ3v) is 3.14. The number of hydrogen-bond acceptors (Lipinski definition) is 4. The molecular weight excluding hydrogens is 317 g/mol. The second-order valence-electron chi connectivity index (χ2n) is 4.70. The molecule has 0 fully saturated rings. The molecule has 0 spiro atoms. The third-order valence-electron chi connectivity index (χ3n) is 3.14. The molecule has 0 aliphatic heterocycles. The van der Waals surface area contributed by atoms with Crippen molar-refractivity contribution in [2.24, 2.45) is 14.1 Å². The molecular formula is C12H13F3N6O2. The van der Waals surface area contributed by atoms with E-state index in [9.17, 15) is 22.8 Å². The van der Waals surface area contributed by atoms with Crippen LogP contribution in [0.15, 0.2) is 12.4 Å². The Morgan fingerprint density at radius 1 is 1.04 bits per heavy atom. The highest BCUT2D eigenvalue weighted by atomic mass is 19.4. The van der Waals surface area contributed by atoms with E-state index in [1.54, 1.807) is 19.3 Å². The van der Waals surface area contributed by atoms with Gasteiger partial charge in [-0.1, -0.05) is 0 Å². The molecule has 2 N–H and O–H groups in total. The molecule has 2 heterocycles. The van der Waals surface area contributed by atoms with Gasteiger partial charge in [-0.3, -0.25) is 19.0 Å². The summed E-state index contributed by atoms with van der Waals surface area (Å²) in [5, 5.41) is 11.8. The Balaban J connectivity index is 2.26. The summed E-state index contributed by atoms with van der Waals surface area (Å²) in [6.07, 6.45) is -2.70. The largest absolute Gasteiger partial charge is 0.471 e. The highest BCUT2D eigenvalue weighted by Crippen LogP contribution is 2.22. The van der Waals surface area contributed by atoms with E-state index in [4.69, 9.17) is 0 Å². The Bertz CT molecular complexity index is 761. The van der Waals surface area contributed by atoms with Gasteiger partial charge in [0.2, 0.25) is 0 Å². The van der Waals surface area contributed by atoms with E-state index in [2.05, 4.69) is 15.5 Å². The van der Waals surface area contributed by atoms with Crippen LogP contribution in [0.2, 0.25) is 0 Å². The SMILES string of the molecule is Cc1c(NC(=O)c2c(NC(=O)C(F)(F)F)cnn2C)cnn1C. The first-order chi connectivity index (χ1) is 10.6. The standard InChI is InChI=1S/C12H13F3N6O2/c1-6-7(4-16-20(6)2)18-10(22)9-8(5-17-21(9)3)19-11(23)12(13,14)15/h4-5H,1-3H3,(H,18,22)(H,19,23). The molecule has 8 nitrogen and oxygen atoms in total. The minimum Gasteiger partial charge on any atom is -0.318 e. The van der Waals surface area contributed by atoms with Crippen molar-refractivity contribution in [2.75, 3.05) is 10.6 Å². The lowest BCUT2D eigenvalue weighted by atomic mass is 10.3. The molecule has 2 amide bonds. The van der Waals surface area contributed by atoms with Crippen molar-refractivity contribution in [2.45, 2.75) is 13.1 Å².